The van der Waals surface area contributed by atoms with Crippen molar-refractivity contribution in [2.45, 2.75) is 44.7 Å². The van der Waals surface area contributed by atoms with Gasteiger partial charge >= 0.3 is 0 Å². The molecule has 1 aliphatic heterocycles. The highest BCUT2D eigenvalue weighted by molar-refractivity contribution is 5.76. The van der Waals surface area contributed by atoms with E-state index in [0.717, 1.165) is 38.1 Å². The van der Waals surface area contributed by atoms with Crippen molar-refractivity contribution < 1.29 is 9.21 Å². The van der Waals surface area contributed by atoms with E-state index in [1.165, 1.54) is 6.42 Å². The van der Waals surface area contributed by atoms with E-state index in [4.69, 9.17) is 4.42 Å². The lowest BCUT2D eigenvalue weighted by Crippen LogP contribution is -2.32. The summed E-state index contributed by atoms with van der Waals surface area (Å²) in [6, 6.07) is 4.29. The molecular formula is C15H22N2O2. The van der Waals surface area contributed by atoms with Crippen LogP contribution in [0, 0.1) is 5.92 Å². The Balaban J connectivity index is 1.52. The zero-order valence-corrected chi connectivity index (χ0v) is 11.3. The van der Waals surface area contributed by atoms with Crippen LogP contribution in [0.15, 0.2) is 22.8 Å². The van der Waals surface area contributed by atoms with Gasteiger partial charge in [-0.15, -0.1) is 0 Å². The van der Waals surface area contributed by atoms with E-state index in [2.05, 4.69) is 5.32 Å². The molecular weight excluding hydrogens is 240 g/mol. The smallest absolute Gasteiger partial charge is 0.223 e. The SMILES string of the molecule is O=C(CCC1CCNC1)N(Cc1ccco1)C1CC1. The predicted octanol–water partition coefficient (Wildman–Crippen LogP) is 2.16. The molecule has 1 amide bonds. The van der Waals surface area contributed by atoms with E-state index >= 15 is 0 Å². The summed E-state index contributed by atoms with van der Waals surface area (Å²) in [7, 11) is 0. The van der Waals surface area contributed by atoms with E-state index in [-0.39, 0.29) is 0 Å². The van der Waals surface area contributed by atoms with Crippen molar-refractivity contribution in [3.8, 4) is 0 Å². The molecule has 1 N–H and O–H groups in total. The summed E-state index contributed by atoms with van der Waals surface area (Å²) in [4.78, 5) is 14.4. The first-order valence-electron chi connectivity index (χ1n) is 7.35. The molecule has 0 spiro atoms. The van der Waals surface area contributed by atoms with Crippen LogP contribution in [-0.4, -0.2) is 29.9 Å². The Morgan fingerprint density at radius 3 is 2.95 bits per heavy atom. The van der Waals surface area contributed by atoms with Crippen LogP contribution in [0.3, 0.4) is 0 Å². The van der Waals surface area contributed by atoms with Crippen LogP contribution in [0.2, 0.25) is 0 Å². The molecule has 2 aliphatic rings. The Morgan fingerprint density at radius 2 is 2.32 bits per heavy atom. The Kier molecular flexibility index (Phi) is 3.87. The molecule has 104 valence electrons. The molecule has 19 heavy (non-hydrogen) atoms. The van der Waals surface area contributed by atoms with Gasteiger partial charge in [0, 0.05) is 12.5 Å². The summed E-state index contributed by atoms with van der Waals surface area (Å²) in [6.45, 7) is 2.83. The number of carbonyl (C=O) groups excluding carboxylic acids is 1. The molecule has 2 fully saturated rings. The molecule has 1 unspecified atom stereocenters. The molecule has 1 saturated heterocycles. The highest BCUT2D eigenvalue weighted by Gasteiger charge is 2.33. The third-order valence-electron chi connectivity index (χ3n) is 4.14. The van der Waals surface area contributed by atoms with Crippen molar-refractivity contribution in [2.75, 3.05) is 13.1 Å². The van der Waals surface area contributed by atoms with Gasteiger partial charge in [0.05, 0.1) is 12.8 Å². The fraction of sp³-hybridized carbons (Fsp3) is 0.667. The van der Waals surface area contributed by atoms with Gasteiger partial charge < -0.3 is 14.6 Å². The number of rotatable bonds is 6. The first-order chi connectivity index (χ1) is 9.33. The third kappa shape index (κ3) is 3.38. The zero-order chi connectivity index (χ0) is 13.1. The number of amides is 1. The second-order valence-corrected chi connectivity index (χ2v) is 5.73. The van der Waals surface area contributed by atoms with Gasteiger partial charge in [0.2, 0.25) is 5.91 Å². The van der Waals surface area contributed by atoms with Crippen molar-refractivity contribution in [2.24, 2.45) is 5.92 Å². The number of carbonyl (C=O) groups is 1. The van der Waals surface area contributed by atoms with Gasteiger partial charge in [-0.05, 0) is 56.8 Å². The molecule has 0 bridgehead atoms. The fourth-order valence-electron chi connectivity index (χ4n) is 2.81. The maximum atomic E-state index is 12.4. The van der Waals surface area contributed by atoms with E-state index in [1.54, 1.807) is 6.26 Å². The molecule has 1 aliphatic carbocycles. The first-order valence-corrected chi connectivity index (χ1v) is 7.35. The van der Waals surface area contributed by atoms with Gasteiger partial charge in [-0.2, -0.15) is 0 Å². The van der Waals surface area contributed by atoms with Gasteiger partial charge in [-0.3, -0.25) is 4.79 Å². The monoisotopic (exact) mass is 262 g/mol. The number of hydrogen-bond acceptors (Lipinski definition) is 3. The molecule has 0 radical (unpaired) electrons. The maximum Gasteiger partial charge on any atom is 0.223 e. The average molecular weight is 262 g/mol. The third-order valence-corrected chi connectivity index (χ3v) is 4.14. The molecule has 1 aromatic heterocycles. The van der Waals surface area contributed by atoms with Gasteiger partial charge in [0.1, 0.15) is 5.76 Å². The highest BCUT2D eigenvalue weighted by Crippen LogP contribution is 2.29. The summed E-state index contributed by atoms with van der Waals surface area (Å²) in [6.07, 6.45) is 6.90. The van der Waals surface area contributed by atoms with Crippen LogP contribution in [0.1, 0.15) is 37.9 Å². The number of furan rings is 1. The van der Waals surface area contributed by atoms with E-state index in [0.29, 0.717) is 30.8 Å². The minimum Gasteiger partial charge on any atom is -0.467 e. The van der Waals surface area contributed by atoms with Gasteiger partial charge in [-0.1, -0.05) is 0 Å². The number of nitrogens with one attached hydrogen (secondary N) is 1. The maximum absolute atomic E-state index is 12.4. The summed E-state index contributed by atoms with van der Waals surface area (Å²) in [5.74, 6) is 1.88. The van der Waals surface area contributed by atoms with Crippen LogP contribution in [0.4, 0.5) is 0 Å². The molecule has 3 rings (SSSR count). The minimum absolute atomic E-state index is 0.297. The Labute approximate surface area is 114 Å². The second kappa shape index (κ2) is 5.78. The minimum atomic E-state index is 0.297. The van der Waals surface area contributed by atoms with Crippen molar-refractivity contribution in [1.29, 1.82) is 0 Å². The average Bonchev–Trinajstić information content (AvgIpc) is 2.94. The summed E-state index contributed by atoms with van der Waals surface area (Å²) in [5.41, 5.74) is 0. The van der Waals surface area contributed by atoms with Crippen molar-refractivity contribution in [3.63, 3.8) is 0 Å². The van der Waals surface area contributed by atoms with Crippen molar-refractivity contribution >= 4 is 5.91 Å². The molecule has 1 atom stereocenters. The van der Waals surface area contributed by atoms with Crippen LogP contribution < -0.4 is 5.32 Å². The molecule has 4 nitrogen and oxygen atoms in total. The van der Waals surface area contributed by atoms with Crippen LogP contribution in [0.25, 0.3) is 0 Å². The number of hydrogen-bond donors (Lipinski definition) is 1. The number of nitrogens with zero attached hydrogens (tertiary/aromatic N) is 1. The Bertz CT molecular complexity index is 406. The van der Waals surface area contributed by atoms with Gasteiger partial charge in [0.25, 0.3) is 0 Å². The largest absolute Gasteiger partial charge is 0.467 e. The van der Waals surface area contributed by atoms with E-state index in [9.17, 15) is 4.79 Å². The fourth-order valence-corrected chi connectivity index (χ4v) is 2.81. The summed E-state index contributed by atoms with van der Waals surface area (Å²) in [5, 5.41) is 3.36. The van der Waals surface area contributed by atoms with E-state index in [1.807, 2.05) is 17.0 Å². The van der Waals surface area contributed by atoms with Gasteiger partial charge in [-0.25, -0.2) is 0 Å². The topological polar surface area (TPSA) is 45.5 Å². The second-order valence-electron chi connectivity index (χ2n) is 5.73. The quantitative estimate of drug-likeness (QED) is 0.854. The first kappa shape index (κ1) is 12.7. The Morgan fingerprint density at radius 1 is 1.42 bits per heavy atom. The highest BCUT2D eigenvalue weighted by atomic mass is 16.3. The van der Waals surface area contributed by atoms with Crippen molar-refractivity contribution in [1.82, 2.24) is 10.2 Å². The molecule has 4 heteroatoms. The zero-order valence-electron chi connectivity index (χ0n) is 11.3. The summed E-state index contributed by atoms with van der Waals surface area (Å²) >= 11 is 0. The van der Waals surface area contributed by atoms with Crippen LogP contribution >= 0.6 is 0 Å². The van der Waals surface area contributed by atoms with Crippen LogP contribution in [-0.2, 0) is 11.3 Å². The lowest BCUT2D eigenvalue weighted by molar-refractivity contribution is -0.133. The predicted molar refractivity (Wildman–Crippen MR) is 72.5 cm³/mol. The molecule has 1 saturated carbocycles. The molecule has 0 aromatic carbocycles. The lowest BCUT2D eigenvalue weighted by Gasteiger charge is -2.22. The standard InChI is InChI=1S/C15H22N2O2/c18-15(6-3-12-7-8-16-10-12)17(13-4-5-13)11-14-2-1-9-19-14/h1-2,9,12-13,16H,3-8,10-11H2. The van der Waals surface area contributed by atoms with E-state index < -0.39 is 0 Å². The molecule has 1 aromatic rings. The summed E-state index contributed by atoms with van der Waals surface area (Å²) < 4.78 is 5.37. The lowest BCUT2D eigenvalue weighted by atomic mass is 10.0. The molecule has 2 heterocycles. The Hall–Kier alpha value is -1.29. The van der Waals surface area contributed by atoms with Gasteiger partial charge in [0.15, 0.2) is 0 Å². The van der Waals surface area contributed by atoms with Crippen molar-refractivity contribution in [3.05, 3.63) is 24.2 Å². The normalized spacial score (nSPS) is 22.6. The van der Waals surface area contributed by atoms with Crippen LogP contribution in [0.5, 0.6) is 0 Å².